The topological polar surface area (TPSA) is 38.3 Å². The molecule has 3 nitrogen and oxygen atoms in total. The molecule has 6 heteroatoms. The highest BCUT2D eigenvalue weighted by Crippen LogP contribution is 2.27. The number of carbonyl (C=O) groups excluding carboxylic acids is 1. The highest BCUT2D eigenvalue weighted by atomic mass is 35.5. The van der Waals surface area contributed by atoms with Crippen LogP contribution in [0.15, 0.2) is 53.4 Å². The van der Waals surface area contributed by atoms with Crippen LogP contribution in [-0.2, 0) is 11.4 Å². The normalized spacial score (nSPS) is 15.8. The van der Waals surface area contributed by atoms with Gasteiger partial charge in [0.1, 0.15) is 16.7 Å². The first-order chi connectivity index (χ1) is 11.1. The molecule has 1 aliphatic rings. The minimum absolute atomic E-state index is 0.164. The Bertz CT molecular complexity index is 805. The van der Waals surface area contributed by atoms with E-state index in [1.165, 1.54) is 11.8 Å². The first-order valence-corrected chi connectivity index (χ1v) is 8.43. The first kappa shape index (κ1) is 16.1. The Hall–Kier alpha value is -1.82. The molecule has 1 amide bonds. The van der Waals surface area contributed by atoms with E-state index in [4.69, 9.17) is 28.6 Å². The number of amides is 1. The summed E-state index contributed by atoms with van der Waals surface area (Å²) < 4.78 is 6.26. The molecule has 0 unspecified atom stereocenters. The van der Waals surface area contributed by atoms with Crippen molar-refractivity contribution >= 4 is 51.9 Å². The van der Waals surface area contributed by atoms with Crippen molar-refractivity contribution in [2.45, 2.75) is 6.61 Å². The molecular weight excluding hydrogens is 350 g/mol. The molecule has 1 N–H and O–H groups in total. The Morgan fingerprint density at radius 1 is 1.22 bits per heavy atom. The number of hydrogen-bond donors (Lipinski definition) is 1. The Labute approximate surface area is 148 Å². The van der Waals surface area contributed by atoms with E-state index in [-0.39, 0.29) is 5.91 Å². The summed E-state index contributed by atoms with van der Waals surface area (Å²) in [7, 11) is 0. The molecule has 1 fully saturated rings. The van der Waals surface area contributed by atoms with Crippen LogP contribution in [0.25, 0.3) is 6.08 Å². The number of benzene rings is 2. The van der Waals surface area contributed by atoms with Crippen molar-refractivity contribution in [2.24, 2.45) is 0 Å². The highest BCUT2D eigenvalue weighted by Gasteiger charge is 2.21. The summed E-state index contributed by atoms with van der Waals surface area (Å²) in [5.41, 5.74) is 1.80. The molecule has 0 aliphatic carbocycles. The van der Waals surface area contributed by atoms with Crippen LogP contribution >= 0.6 is 35.6 Å². The van der Waals surface area contributed by atoms with E-state index >= 15 is 0 Å². The van der Waals surface area contributed by atoms with E-state index in [9.17, 15) is 4.79 Å². The molecule has 0 atom stereocenters. The third kappa shape index (κ3) is 4.13. The number of ether oxygens (including phenoxy) is 1. The van der Waals surface area contributed by atoms with Gasteiger partial charge in [0.25, 0.3) is 5.91 Å². The predicted octanol–water partition coefficient (Wildman–Crippen LogP) is 4.41. The number of hydrogen-bond acceptors (Lipinski definition) is 4. The molecule has 0 radical (unpaired) electrons. The van der Waals surface area contributed by atoms with Crippen molar-refractivity contribution in [3.63, 3.8) is 0 Å². The van der Waals surface area contributed by atoms with Gasteiger partial charge < -0.3 is 10.1 Å². The van der Waals surface area contributed by atoms with Gasteiger partial charge in [-0.25, -0.2) is 0 Å². The Balaban J connectivity index is 1.73. The van der Waals surface area contributed by atoms with Crippen LogP contribution in [0.5, 0.6) is 5.75 Å². The number of rotatable bonds is 4. The molecule has 1 aliphatic heterocycles. The predicted molar refractivity (Wildman–Crippen MR) is 98.5 cm³/mol. The minimum atomic E-state index is -0.164. The maximum atomic E-state index is 11.7. The van der Waals surface area contributed by atoms with Crippen LogP contribution < -0.4 is 10.1 Å². The summed E-state index contributed by atoms with van der Waals surface area (Å²) in [5.74, 6) is 0.549. The van der Waals surface area contributed by atoms with Crippen molar-refractivity contribution in [3.8, 4) is 5.75 Å². The molecule has 3 rings (SSSR count). The lowest BCUT2D eigenvalue weighted by atomic mass is 10.2. The van der Waals surface area contributed by atoms with E-state index in [0.29, 0.717) is 26.6 Å². The maximum Gasteiger partial charge on any atom is 0.263 e. The Morgan fingerprint density at radius 3 is 2.78 bits per heavy atom. The van der Waals surface area contributed by atoms with Crippen LogP contribution in [0.2, 0.25) is 5.02 Å². The molecule has 1 saturated heterocycles. The molecule has 1 heterocycles. The van der Waals surface area contributed by atoms with Gasteiger partial charge in [-0.3, -0.25) is 4.79 Å². The van der Waals surface area contributed by atoms with Gasteiger partial charge >= 0.3 is 0 Å². The molecular formula is C17H12ClNO2S2. The summed E-state index contributed by atoms with van der Waals surface area (Å²) in [5, 5.41) is 3.27. The molecule has 23 heavy (non-hydrogen) atoms. The molecule has 2 aromatic carbocycles. The van der Waals surface area contributed by atoms with Gasteiger partial charge in [-0.05, 0) is 29.8 Å². The van der Waals surface area contributed by atoms with Gasteiger partial charge in [0.15, 0.2) is 0 Å². The fourth-order valence-electron chi connectivity index (χ4n) is 2.04. The van der Waals surface area contributed by atoms with Crippen molar-refractivity contribution in [1.29, 1.82) is 0 Å². The zero-order valence-electron chi connectivity index (χ0n) is 11.9. The third-order valence-corrected chi connectivity index (χ3v) is 4.68. The van der Waals surface area contributed by atoms with Crippen LogP contribution in [0, 0.1) is 0 Å². The summed E-state index contributed by atoms with van der Waals surface area (Å²) in [6.07, 6.45) is 1.79. The molecule has 0 bridgehead atoms. The van der Waals surface area contributed by atoms with Gasteiger partial charge in [-0.2, -0.15) is 0 Å². The van der Waals surface area contributed by atoms with Crippen LogP contribution in [-0.4, -0.2) is 10.2 Å². The molecule has 0 saturated carbocycles. The zero-order valence-corrected chi connectivity index (χ0v) is 14.3. The third-order valence-electron chi connectivity index (χ3n) is 3.15. The lowest BCUT2D eigenvalue weighted by Gasteiger charge is -2.08. The Morgan fingerprint density at radius 2 is 2.04 bits per heavy atom. The monoisotopic (exact) mass is 361 g/mol. The number of nitrogens with one attached hydrogen (secondary N) is 1. The zero-order chi connectivity index (χ0) is 16.2. The fourth-order valence-corrected chi connectivity index (χ4v) is 3.28. The summed E-state index contributed by atoms with van der Waals surface area (Å²) in [6, 6.07) is 15.1. The average molecular weight is 362 g/mol. The summed E-state index contributed by atoms with van der Waals surface area (Å²) in [6.45, 7) is 0.388. The van der Waals surface area contributed by atoms with Crippen molar-refractivity contribution in [1.82, 2.24) is 5.32 Å². The lowest BCUT2D eigenvalue weighted by molar-refractivity contribution is -0.115. The number of halogens is 1. The second kappa shape index (κ2) is 7.17. The van der Waals surface area contributed by atoms with Gasteiger partial charge in [0.2, 0.25) is 0 Å². The van der Waals surface area contributed by atoms with Crippen molar-refractivity contribution in [3.05, 3.63) is 69.6 Å². The van der Waals surface area contributed by atoms with Crippen molar-refractivity contribution < 1.29 is 9.53 Å². The fraction of sp³-hybridized carbons (Fsp3) is 0.0588. The smallest absolute Gasteiger partial charge is 0.263 e. The summed E-state index contributed by atoms with van der Waals surface area (Å²) >= 11 is 12.4. The summed E-state index contributed by atoms with van der Waals surface area (Å²) in [4.78, 5) is 12.3. The quantitative estimate of drug-likeness (QED) is 0.646. The maximum absolute atomic E-state index is 11.7. The van der Waals surface area contributed by atoms with E-state index in [2.05, 4.69) is 5.32 Å². The van der Waals surface area contributed by atoms with Crippen LogP contribution in [0.1, 0.15) is 11.1 Å². The highest BCUT2D eigenvalue weighted by molar-refractivity contribution is 8.26. The van der Waals surface area contributed by atoms with Gasteiger partial charge in [-0.1, -0.05) is 65.9 Å². The SMILES string of the molecule is O=C1NC(=S)S/C1=C/c1cccc(OCc2ccccc2Cl)c1. The molecule has 0 spiro atoms. The lowest BCUT2D eigenvalue weighted by Crippen LogP contribution is -2.17. The first-order valence-electron chi connectivity index (χ1n) is 6.83. The molecule has 116 valence electrons. The molecule has 0 aromatic heterocycles. The van der Waals surface area contributed by atoms with Gasteiger partial charge in [-0.15, -0.1) is 0 Å². The van der Waals surface area contributed by atoms with Crippen molar-refractivity contribution in [2.75, 3.05) is 0 Å². The standard InChI is InChI=1S/C17H12ClNO2S2/c18-14-7-2-1-5-12(14)10-21-13-6-3-4-11(8-13)9-15-16(20)19-17(22)23-15/h1-9H,10H2,(H,19,20,22)/b15-9+. The minimum Gasteiger partial charge on any atom is -0.489 e. The van der Waals surface area contributed by atoms with Crippen LogP contribution in [0.4, 0.5) is 0 Å². The van der Waals surface area contributed by atoms with E-state index in [1.807, 2.05) is 48.5 Å². The average Bonchev–Trinajstić information content (AvgIpc) is 2.84. The second-order valence-corrected chi connectivity index (χ2v) is 6.93. The van der Waals surface area contributed by atoms with Crippen LogP contribution in [0.3, 0.4) is 0 Å². The second-order valence-electron chi connectivity index (χ2n) is 4.80. The van der Waals surface area contributed by atoms with Gasteiger partial charge in [0.05, 0.1) is 4.91 Å². The number of thioether (sulfide) groups is 1. The van der Waals surface area contributed by atoms with Gasteiger partial charge in [0, 0.05) is 10.6 Å². The largest absolute Gasteiger partial charge is 0.489 e. The van der Waals surface area contributed by atoms with E-state index in [0.717, 1.165) is 11.1 Å². The number of thiocarbonyl (C=S) groups is 1. The van der Waals surface area contributed by atoms with E-state index < -0.39 is 0 Å². The molecule has 2 aromatic rings. The van der Waals surface area contributed by atoms with E-state index in [1.54, 1.807) is 6.08 Å². The number of carbonyl (C=O) groups is 1. The Kier molecular flexibility index (Phi) is 5.00.